The second-order valence-corrected chi connectivity index (χ2v) is 10.3. The zero-order chi connectivity index (χ0) is 23.5. The summed E-state index contributed by atoms with van der Waals surface area (Å²) >= 11 is 11.1. The van der Waals surface area contributed by atoms with Crippen LogP contribution in [0, 0.1) is 0 Å². The number of halogens is 2. The van der Waals surface area contributed by atoms with Crippen molar-refractivity contribution in [1.29, 1.82) is 0 Å². The highest BCUT2D eigenvalue weighted by molar-refractivity contribution is 9.10. The Balaban J connectivity index is 1.69. The Labute approximate surface area is 210 Å². The minimum Gasteiger partial charge on any atom is -0.504 e. The van der Waals surface area contributed by atoms with Gasteiger partial charge in [-0.15, -0.1) is 11.8 Å². The van der Waals surface area contributed by atoms with Gasteiger partial charge in [-0.05, 0) is 54.2 Å². The fraction of sp³-hybridized carbons (Fsp3) is 0.391. The molecule has 7 nitrogen and oxygen atoms in total. The van der Waals surface area contributed by atoms with E-state index in [4.69, 9.17) is 16.3 Å². The predicted molar refractivity (Wildman–Crippen MR) is 134 cm³/mol. The molecule has 3 heterocycles. The molecular weight excluding hydrogens is 528 g/mol. The Morgan fingerprint density at radius 3 is 2.61 bits per heavy atom. The third-order valence-corrected chi connectivity index (χ3v) is 7.61. The first-order valence-corrected chi connectivity index (χ1v) is 12.9. The lowest BCUT2D eigenvalue weighted by Crippen LogP contribution is -2.43. The molecule has 1 aliphatic heterocycles. The summed E-state index contributed by atoms with van der Waals surface area (Å²) in [5.41, 5.74) is 2.02. The van der Waals surface area contributed by atoms with Gasteiger partial charge in [0.05, 0.1) is 12.3 Å². The molecule has 0 saturated carbocycles. The van der Waals surface area contributed by atoms with Crippen molar-refractivity contribution in [1.82, 2.24) is 19.2 Å². The summed E-state index contributed by atoms with van der Waals surface area (Å²) in [5, 5.41) is 11.8. The van der Waals surface area contributed by atoms with Gasteiger partial charge in [-0.25, -0.2) is 9.78 Å². The van der Waals surface area contributed by atoms with Crippen LogP contribution in [0.2, 0.25) is 5.02 Å². The van der Waals surface area contributed by atoms with E-state index in [1.165, 1.54) is 0 Å². The number of nitrogens with zero attached hydrogens (tertiary/aromatic N) is 4. The Hall–Kier alpha value is -1.78. The molecule has 1 N–H and O–H groups in total. The van der Waals surface area contributed by atoms with Gasteiger partial charge in [-0.3, -0.25) is 9.30 Å². The van der Waals surface area contributed by atoms with Crippen molar-refractivity contribution >= 4 is 50.9 Å². The highest BCUT2D eigenvalue weighted by Gasteiger charge is 2.26. The maximum atomic E-state index is 12.8. The van der Waals surface area contributed by atoms with E-state index in [1.807, 2.05) is 24.3 Å². The third kappa shape index (κ3) is 5.49. The summed E-state index contributed by atoms with van der Waals surface area (Å²) in [5.74, 6) is 0.0638. The van der Waals surface area contributed by atoms with Crippen LogP contribution in [0.15, 0.2) is 39.8 Å². The molecule has 0 unspecified atom stereocenters. The largest absolute Gasteiger partial charge is 0.504 e. The summed E-state index contributed by atoms with van der Waals surface area (Å²) in [6.45, 7) is 6.47. The maximum absolute atomic E-state index is 12.8. The number of likely N-dealkylation sites (N-methyl/N-ethyl adjacent to an activating group) is 1. The fourth-order valence-corrected chi connectivity index (χ4v) is 5.27. The highest BCUT2D eigenvalue weighted by atomic mass is 79.9. The molecule has 0 bridgehead atoms. The predicted octanol–water partition coefficient (Wildman–Crippen LogP) is 4.67. The van der Waals surface area contributed by atoms with Crippen LogP contribution >= 0.6 is 39.3 Å². The standard InChI is InChI=1S/C23H26BrClN4O3S/c1-3-32-23(31)20-19(14-33-16-6-4-15(25)5-7-16)26-22-21(30)17(18(24)13-29(20)22)12-28-10-8-27(2)9-11-28/h4-7,13,30H,3,8-12,14H2,1-2H3. The topological polar surface area (TPSA) is 70.3 Å². The smallest absolute Gasteiger partial charge is 0.357 e. The molecule has 33 heavy (non-hydrogen) atoms. The lowest BCUT2D eigenvalue weighted by Gasteiger charge is -2.32. The van der Waals surface area contributed by atoms with Crippen molar-refractivity contribution < 1.29 is 14.6 Å². The monoisotopic (exact) mass is 552 g/mol. The number of carbonyl (C=O) groups excluding carboxylic acids is 1. The molecule has 0 aliphatic carbocycles. The molecule has 1 fully saturated rings. The summed E-state index contributed by atoms with van der Waals surface area (Å²) in [7, 11) is 2.11. The van der Waals surface area contributed by atoms with Crippen LogP contribution in [0.5, 0.6) is 5.75 Å². The summed E-state index contributed by atoms with van der Waals surface area (Å²) in [6, 6.07) is 7.50. The van der Waals surface area contributed by atoms with Gasteiger partial charge in [0.25, 0.3) is 0 Å². The van der Waals surface area contributed by atoms with E-state index >= 15 is 0 Å². The van der Waals surface area contributed by atoms with E-state index in [2.05, 4.69) is 37.8 Å². The molecule has 10 heteroatoms. The van der Waals surface area contributed by atoms with E-state index in [9.17, 15) is 9.90 Å². The van der Waals surface area contributed by atoms with Gasteiger partial charge in [0.2, 0.25) is 0 Å². The van der Waals surface area contributed by atoms with Crippen LogP contribution in [-0.2, 0) is 17.0 Å². The lowest BCUT2D eigenvalue weighted by molar-refractivity contribution is 0.0517. The summed E-state index contributed by atoms with van der Waals surface area (Å²) in [6.07, 6.45) is 1.80. The Bertz CT molecular complexity index is 1150. The average Bonchev–Trinajstić information content (AvgIpc) is 3.16. The quantitative estimate of drug-likeness (QED) is 0.337. The van der Waals surface area contributed by atoms with Crippen LogP contribution < -0.4 is 0 Å². The first kappa shape index (κ1) is 24.3. The number of aromatic hydroxyl groups is 1. The molecule has 3 aromatic rings. The Morgan fingerprint density at radius 1 is 1.24 bits per heavy atom. The Morgan fingerprint density at radius 2 is 1.94 bits per heavy atom. The van der Waals surface area contributed by atoms with Gasteiger partial charge < -0.3 is 14.7 Å². The number of benzene rings is 1. The van der Waals surface area contributed by atoms with Crippen molar-refractivity contribution in [2.45, 2.75) is 24.1 Å². The zero-order valence-corrected chi connectivity index (χ0v) is 21.7. The lowest BCUT2D eigenvalue weighted by atomic mass is 10.2. The van der Waals surface area contributed by atoms with Crippen molar-refractivity contribution in [3.8, 4) is 5.75 Å². The van der Waals surface area contributed by atoms with Crippen LogP contribution in [0.4, 0.5) is 0 Å². The van der Waals surface area contributed by atoms with E-state index in [0.29, 0.717) is 34.4 Å². The molecule has 1 aliphatic rings. The number of esters is 1. The second kappa shape index (κ2) is 10.7. The van der Waals surface area contributed by atoms with Gasteiger partial charge in [-0.2, -0.15) is 0 Å². The third-order valence-electron chi connectivity index (χ3n) is 5.65. The van der Waals surface area contributed by atoms with Crippen molar-refractivity contribution in [2.24, 2.45) is 0 Å². The van der Waals surface area contributed by atoms with E-state index < -0.39 is 5.97 Å². The molecule has 1 aromatic carbocycles. The van der Waals surface area contributed by atoms with Gasteiger partial charge in [0, 0.05) is 64.6 Å². The minimum atomic E-state index is -0.463. The Kier molecular flexibility index (Phi) is 7.86. The normalized spacial score (nSPS) is 15.3. The SMILES string of the molecule is CCOC(=O)c1c(CSc2ccc(Cl)cc2)nc2c(O)c(CN3CCN(C)CC3)c(Br)cn12. The molecule has 2 aromatic heterocycles. The number of thioether (sulfide) groups is 1. The zero-order valence-electron chi connectivity index (χ0n) is 18.6. The number of piperazine rings is 1. The van der Waals surface area contributed by atoms with Crippen molar-refractivity contribution in [3.63, 3.8) is 0 Å². The number of hydrogen-bond acceptors (Lipinski definition) is 7. The average molecular weight is 554 g/mol. The van der Waals surface area contributed by atoms with Crippen LogP contribution in [0.3, 0.4) is 0 Å². The van der Waals surface area contributed by atoms with Crippen LogP contribution in [0.25, 0.3) is 5.65 Å². The van der Waals surface area contributed by atoms with E-state index in [1.54, 1.807) is 29.3 Å². The summed E-state index contributed by atoms with van der Waals surface area (Å²) in [4.78, 5) is 23.1. The molecule has 176 valence electrons. The molecular formula is C23H26BrClN4O3S. The fourth-order valence-electron chi connectivity index (χ4n) is 3.79. The van der Waals surface area contributed by atoms with Gasteiger partial charge >= 0.3 is 5.97 Å². The number of aromatic nitrogens is 2. The number of imidazole rings is 1. The molecule has 0 amide bonds. The molecule has 0 atom stereocenters. The number of ether oxygens (including phenoxy) is 1. The van der Waals surface area contributed by atoms with Crippen molar-refractivity contribution in [3.05, 3.63) is 56.9 Å². The second-order valence-electron chi connectivity index (χ2n) is 7.95. The number of rotatable bonds is 7. The first-order valence-electron chi connectivity index (χ1n) is 10.7. The molecule has 0 spiro atoms. The number of pyridine rings is 1. The van der Waals surface area contributed by atoms with Crippen LogP contribution in [-0.4, -0.2) is 70.1 Å². The molecule has 4 rings (SSSR count). The number of hydrogen-bond donors (Lipinski definition) is 1. The number of carbonyl (C=O) groups is 1. The minimum absolute atomic E-state index is 0.0802. The first-order chi connectivity index (χ1) is 15.9. The van der Waals surface area contributed by atoms with E-state index in [0.717, 1.165) is 41.1 Å². The van der Waals surface area contributed by atoms with Gasteiger partial charge in [0.15, 0.2) is 17.1 Å². The maximum Gasteiger partial charge on any atom is 0.357 e. The number of fused-ring (bicyclic) bond motifs is 1. The summed E-state index contributed by atoms with van der Waals surface area (Å²) < 4.78 is 7.66. The van der Waals surface area contributed by atoms with E-state index in [-0.39, 0.29) is 12.4 Å². The molecule has 0 radical (unpaired) electrons. The van der Waals surface area contributed by atoms with Crippen LogP contribution in [0.1, 0.15) is 28.7 Å². The van der Waals surface area contributed by atoms with Gasteiger partial charge in [-0.1, -0.05) is 11.6 Å². The van der Waals surface area contributed by atoms with Gasteiger partial charge in [0.1, 0.15) is 0 Å². The molecule has 1 saturated heterocycles. The highest BCUT2D eigenvalue weighted by Crippen LogP contribution is 2.35. The van der Waals surface area contributed by atoms with Crippen molar-refractivity contribution in [2.75, 3.05) is 39.8 Å².